The Morgan fingerprint density at radius 2 is 2.10 bits per heavy atom. The maximum atomic E-state index is 12.3. The van der Waals surface area contributed by atoms with Gasteiger partial charge in [0, 0.05) is 31.3 Å². The molecule has 0 spiro atoms. The molecule has 8 heteroatoms. The number of aliphatic hydroxyl groups is 2. The van der Waals surface area contributed by atoms with Gasteiger partial charge in [-0.1, -0.05) is 0 Å². The first kappa shape index (κ1) is 21.1. The molecule has 1 aromatic carbocycles. The quantitative estimate of drug-likeness (QED) is 0.699. The predicted molar refractivity (Wildman–Crippen MR) is 106 cm³/mol. The summed E-state index contributed by atoms with van der Waals surface area (Å²) in [4.78, 5) is 25.6. The van der Waals surface area contributed by atoms with Crippen LogP contribution >= 0.6 is 0 Å². The highest BCUT2D eigenvalue weighted by Crippen LogP contribution is 2.42. The number of aryl methyl sites for hydroxylation is 2. The lowest BCUT2D eigenvalue weighted by Gasteiger charge is -2.33. The summed E-state index contributed by atoms with van der Waals surface area (Å²) in [6, 6.07) is 3.13. The fraction of sp³-hybridized carbons (Fsp3) is 0.524. The minimum absolute atomic E-state index is 0.00513. The average Bonchev–Trinajstić information content (AvgIpc) is 2.63. The molecule has 1 unspecified atom stereocenters. The van der Waals surface area contributed by atoms with Crippen molar-refractivity contribution in [2.24, 2.45) is 0 Å². The number of ether oxygens (including phenoxy) is 2. The fourth-order valence-electron chi connectivity index (χ4n) is 3.46. The van der Waals surface area contributed by atoms with Gasteiger partial charge in [0.15, 0.2) is 6.61 Å². The van der Waals surface area contributed by atoms with E-state index in [-0.39, 0.29) is 24.7 Å². The van der Waals surface area contributed by atoms with Gasteiger partial charge in [0.1, 0.15) is 22.7 Å². The lowest BCUT2D eigenvalue weighted by molar-refractivity contribution is -0.133. The molecule has 2 heterocycles. The first-order valence-electron chi connectivity index (χ1n) is 9.56. The van der Waals surface area contributed by atoms with Crippen LogP contribution in [0.4, 0.5) is 0 Å². The van der Waals surface area contributed by atoms with E-state index in [1.54, 1.807) is 13.0 Å². The topological polar surface area (TPSA) is 109 Å². The van der Waals surface area contributed by atoms with Crippen molar-refractivity contribution < 1.29 is 28.9 Å². The summed E-state index contributed by atoms with van der Waals surface area (Å²) in [7, 11) is 1.52. The Balaban J connectivity index is 1.95. The number of rotatable bonds is 6. The third-order valence-electron chi connectivity index (χ3n) is 5.07. The van der Waals surface area contributed by atoms with E-state index in [9.17, 15) is 14.7 Å². The molecule has 0 bridgehead atoms. The molecule has 0 radical (unpaired) electrons. The molecule has 2 N–H and O–H groups in total. The predicted octanol–water partition coefficient (Wildman–Crippen LogP) is 1.40. The van der Waals surface area contributed by atoms with E-state index in [0.29, 0.717) is 34.5 Å². The standard InChI is InChI=1S/C21H27NO7/c1-12-7-18(26)28-20-14-5-6-21(2,3)29-15(14)8-16(19(12)20)27-11-17(25)22(4)9-13(24)10-23/h7-8,13,23-24H,5-6,9-11H2,1-4H3. The number of amides is 1. The third kappa shape index (κ3) is 4.54. The number of fused-ring (bicyclic) bond motifs is 3. The minimum Gasteiger partial charge on any atom is -0.487 e. The van der Waals surface area contributed by atoms with Gasteiger partial charge in [-0.2, -0.15) is 0 Å². The Kier molecular flexibility index (Phi) is 5.86. The smallest absolute Gasteiger partial charge is 0.336 e. The Hall–Kier alpha value is -2.58. The van der Waals surface area contributed by atoms with E-state index in [0.717, 1.165) is 12.0 Å². The number of benzene rings is 1. The van der Waals surface area contributed by atoms with Crippen LogP contribution in [-0.2, 0) is 11.2 Å². The molecule has 0 saturated carbocycles. The second kappa shape index (κ2) is 8.04. The Morgan fingerprint density at radius 1 is 1.38 bits per heavy atom. The summed E-state index contributed by atoms with van der Waals surface area (Å²) in [6.45, 7) is 5.05. The van der Waals surface area contributed by atoms with Gasteiger partial charge < -0.3 is 29.0 Å². The minimum atomic E-state index is -1.01. The lowest BCUT2D eigenvalue weighted by Crippen LogP contribution is -2.38. The van der Waals surface area contributed by atoms with Crippen LogP contribution in [-0.4, -0.2) is 59.5 Å². The molecule has 3 rings (SSSR count). The molecular formula is C21H27NO7. The first-order chi connectivity index (χ1) is 13.6. The fourth-order valence-corrected chi connectivity index (χ4v) is 3.46. The van der Waals surface area contributed by atoms with E-state index >= 15 is 0 Å². The molecule has 158 valence electrons. The molecule has 1 aliphatic rings. The van der Waals surface area contributed by atoms with Crippen molar-refractivity contribution >= 4 is 16.9 Å². The van der Waals surface area contributed by atoms with Gasteiger partial charge in [0.25, 0.3) is 5.91 Å². The van der Waals surface area contributed by atoms with Gasteiger partial charge in [-0.05, 0) is 39.2 Å². The van der Waals surface area contributed by atoms with Gasteiger partial charge in [0.2, 0.25) is 0 Å². The van der Waals surface area contributed by atoms with Crippen molar-refractivity contribution in [2.75, 3.05) is 26.8 Å². The van der Waals surface area contributed by atoms with Gasteiger partial charge in [0.05, 0.1) is 18.1 Å². The van der Waals surface area contributed by atoms with Crippen molar-refractivity contribution in [1.29, 1.82) is 0 Å². The van der Waals surface area contributed by atoms with Gasteiger partial charge in [-0.3, -0.25) is 4.79 Å². The molecule has 1 aliphatic heterocycles. The number of carbonyl (C=O) groups is 1. The molecule has 1 amide bonds. The number of likely N-dealkylation sites (N-methyl/N-ethyl adjacent to an activating group) is 1. The summed E-state index contributed by atoms with van der Waals surface area (Å²) < 4.78 is 17.4. The van der Waals surface area contributed by atoms with E-state index < -0.39 is 18.3 Å². The van der Waals surface area contributed by atoms with Gasteiger partial charge in [-0.25, -0.2) is 4.79 Å². The zero-order valence-corrected chi connectivity index (χ0v) is 17.2. The van der Waals surface area contributed by atoms with E-state index in [1.807, 2.05) is 13.8 Å². The molecular weight excluding hydrogens is 378 g/mol. The van der Waals surface area contributed by atoms with Crippen molar-refractivity contribution in [1.82, 2.24) is 4.90 Å². The second-order valence-corrected chi connectivity index (χ2v) is 8.07. The highest BCUT2D eigenvalue weighted by atomic mass is 16.5. The maximum Gasteiger partial charge on any atom is 0.336 e. The summed E-state index contributed by atoms with van der Waals surface area (Å²) >= 11 is 0. The van der Waals surface area contributed by atoms with Crippen LogP contribution in [0.5, 0.6) is 11.5 Å². The Morgan fingerprint density at radius 3 is 2.79 bits per heavy atom. The molecule has 1 atom stereocenters. The second-order valence-electron chi connectivity index (χ2n) is 8.07. The van der Waals surface area contributed by atoms with Gasteiger partial charge in [-0.15, -0.1) is 0 Å². The van der Waals surface area contributed by atoms with Crippen LogP contribution in [0.2, 0.25) is 0 Å². The molecule has 0 fully saturated rings. The van der Waals surface area contributed by atoms with E-state index in [4.69, 9.17) is 19.0 Å². The molecule has 29 heavy (non-hydrogen) atoms. The molecule has 1 aromatic heterocycles. The SMILES string of the molecule is Cc1cc(=O)oc2c3c(cc(OCC(=O)N(C)CC(O)CO)c12)OC(C)(C)CC3. The van der Waals surface area contributed by atoms with E-state index in [1.165, 1.54) is 18.0 Å². The normalized spacial score (nSPS) is 16.1. The summed E-state index contributed by atoms with van der Waals surface area (Å²) in [5.41, 5.74) is 1.12. The van der Waals surface area contributed by atoms with Crippen molar-refractivity contribution in [3.05, 3.63) is 33.7 Å². The van der Waals surface area contributed by atoms with Crippen LogP contribution in [0.15, 0.2) is 21.3 Å². The van der Waals surface area contributed by atoms with Crippen molar-refractivity contribution in [2.45, 2.75) is 45.3 Å². The van der Waals surface area contributed by atoms with Crippen LogP contribution in [0, 0.1) is 6.92 Å². The first-order valence-corrected chi connectivity index (χ1v) is 9.56. The summed E-state index contributed by atoms with van der Waals surface area (Å²) in [5.74, 6) is 0.607. The van der Waals surface area contributed by atoms with Crippen LogP contribution in [0.3, 0.4) is 0 Å². The largest absolute Gasteiger partial charge is 0.487 e. The lowest BCUT2D eigenvalue weighted by atomic mass is 9.92. The highest BCUT2D eigenvalue weighted by Gasteiger charge is 2.30. The Labute approximate surface area is 168 Å². The van der Waals surface area contributed by atoms with E-state index in [2.05, 4.69) is 0 Å². The zero-order chi connectivity index (χ0) is 21.3. The maximum absolute atomic E-state index is 12.3. The molecule has 2 aromatic rings. The van der Waals surface area contributed by atoms with Crippen LogP contribution in [0.1, 0.15) is 31.4 Å². The third-order valence-corrected chi connectivity index (χ3v) is 5.07. The average molecular weight is 405 g/mol. The van der Waals surface area contributed by atoms with Crippen molar-refractivity contribution in [3.63, 3.8) is 0 Å². The van der Waals surface area contributed by atoms with Gasteiger partial charge >= 0.3 is 5.63 Å². The zero-order valence-electron chi connectivity index (χ0n) is 17.2. The molecule has 0 aliphatic carbocycles. The number of hydrogen-bond acceptors (Lipinski definition) is 7. The van der Waals surface area contributed by atoms with Crippen LogP contribution in [0.25, 0.3) is 11.0 Å². The summed E-state index contributed by atoms with van der Waals surface area (Å²) in [6.07, 6.45) is 0.469. The summed E-state index contributed by atoms with van der Waals surface area (Å²) in [5, 5.41) is 19.1. The number of nitrogens with zero attached hydrogens (tertiary/aromatic N) is 1. The monoisotopic (exact) mass is 405 g/mol. The van der Waals surface area contributed by atoms with Crippen LogP contribution < -0.4 is 15.1 Å². The Bertz CT molecular complexity index is 979. The molecule has 0 saturated heterocycles. The van der Waals surface area contributed by atoms with Crippen molar-refractivity contribution in [3.8, 4) is 11.5 Å². The number of hydrogen-bond donors (Lipinski definition) is 2. The number of carbonyl (C=O) groups excluding carboxylic acids is 1. The number of aliphatic hydroxyl groups excluding tert-OH is 2. The molecule has 8 nitrogen and oxygen atoms in total. The highest BCUT2D eigenvalue weighted by molar-refractivity contribution is 5.91.